The standard InChI is InChI=1S/C11H16ClFN2O2S/c1-8(14-5-6-15-18(2,16)17)10-4-3-9(13)7-11(10)12/h3-4,7-8,14-15H,5-6H2,1-2H3. The fraction of sp³-hybridized carbons (Fsp3) is 0.455. The first-order valence-electron chi connectivity index (χ1n) is 5.42. The van der Waals surface area contributed by atoms with Crippen LogP contribution in [0.15, 0.2) is 18.2 Å². The van der Waals surface area contributed by atoms with E-state index in [-0.39, 0.29) is 11.9 Å². The molecular weight excluding hydrogens is 279 g/mol. The Morgan fingerprint density at radius 3 is 2.61 bits per heavy atom. The van der Waals surface area contributed by atoms with E-state index in [1.54, 1.807) is 6.07 Å². The van der Waals surface area contributed by atoms with Gasteiger partial charge in [0.25, 0.3) is 0 Å². The van der Waals surface area contributed by atoms with Gasteiger partial charge in [0.05, 0.1) is 6.26 Å². The molecule has 0 saturated carbocycles. The van der Waals surface area contributed by atoms with E-state index in [1.807, 2.05) is 6.92 Å². The fourth-order valence-corrected chi connectivity index (χ4v) is 2.29. The zero-order chi connectivity index (χ0) is 13.8. The highest BCUT2D eigenvalue weighted by molar-refractivity contribution is 7.88. The largest absolute Gasteiger partial charge is 0.309 e. The lowest BCUT2D eigenvalue weighted by Gasteiger charge is -2.15. The molecule has 0 fully saturated rings. The first kappa shape index (κ1) is 15.4. The number of rotatable bonds is 6. The second-order valence-corrected chi connectivity index (χ2v) is 6.25. The van der Waals surface area contributed by atoms with E-state index in [1.165, 1.54) is 12.1 Å². The van der Waals surface area contributed by atoms with Gasteiger partial charge in [-0.15, -0.1) is 0 Å². The highest BCUT2D eigenvalue weighted by Gasteiger charge is 2.09. The van der Waals surface area contributed by atoms with Crippen molar-refractivity contribution < 1.29 is 12.8 Å². The number of benzene rings is 1. The second kappa shape index (κ2) is 6.47. The summed E-state index contributed by atoms with van der Waals surface area (Å²) in [4.78, 5) is 0. The maximum Gasteiger partial charge on any atom is 0.208 e. The van der Waals surface area contributed by atoms with Crippen LogP contribution in [0.1, 0.15) is 18.5 Å². The van der Waals surface area contributed by atoms with E-state index >= 15 is 0 Å². The molecule has 0 aliphatic carbocycles. The number of hydrogen-bond acceptors (Lipinski definition) is 3. The van der Waals surface area contributed by atoms with Gasteiger partial charge in [0, 0.05) is 24.2 Å². The van der Waals surface area contributed by atoms with Crippen molar-refractivity contribution in [3.8, 4) is 0 Å². The van der Waals surface area contributed by atoms with Crippen LogP contribution >= 0.6 is 11.6 Å². The van der Waals surface area contributed by atoms with E-state index in [0.29, 0.717) is 18.1 Å². The van der Waals surface area contributed by atoms with Gasteiger partial charge in [-0.3, -0.25) is 0 Å². The highest BCUT2D eigenvalue weighted by Crippen LogP contribution is 2.23. The van der Waals surface area contributed by atoms with Crippen LogP contribution in [0.25, 0.3) is 0 Å². The topological polar surface area (TPSA) is 58.2 Å². The van der Waals surface area contributed by atoms with Crippen molar-refractivity contribution in [1.82, 2.24) is 10.0 Å². The molecule has 0 radical (unpaired) electrons. The van der Waals surface area contributed by atoms with E-state index < -0.39 is 10.0 Å². The number of hydrogen-bond donors (Lipinski definition) is 2. The first-order valence-corrected chi connectivity index (χ1v) is 7.69. The van der Waals surface area contributed by atoms with Crippen LogP contribution in [-0.4, -0.2) is 27.8 Å². The quantitative estimate of drug-likeness (QED) is 0.785. The summed E-state index contributed by atoms with van der Waals surface area (Å²) < 4.78 is 36.9. The summed E-state index contributed by atoms with van der Waals surface area (Å²) in [5.41, 5.74) is 0.775. The van der Waals surface area contributed by atoms with Crippen molar-refractivity contribution in [2.24, 2.45) is 0 Å². The summed E-state index contributed by atoms with van der Waals surface area (Å²) in [7, 11) is -3.17. The average molecular weight is 295 g/mol. The Morgan fingerprint density at radius 1 is 1.39 bits per heavy atom. The highest BCUT2D eigenvalue weighted by atomic mass is 35.5. The summed E-state index contributed by atoms with van der Waals surface area (Å²) >= 11 is 5.92. The Hall–Kier alpha value is -0.690. The van der Waals surface area contributed by atoms with Gasteiger partial charge in [-0.2, -0.15) is 0 Å². The van der Waals surface area contributed by atoms with E-state index in [0.717, 1.165) is 11.8 Å². The predicted molar refractivity (Wildman–Crippen MR) is 70.7 cm³/mol. The van der Waals surface area contributed by atoms with Crippen LogP contribution in [0.2, 0.25) is 5.02 Å². The van der Waals surface area contributed by atoms with Gasteiger partial charge >= 0.3 is 0 Å². The normalized spacial score (nSPS) is 13.6. The Kier molecular flexibility index (Phi) is 5.52. The van der Waals surface area contributed by atoms with Crippen molar-refractivity contribution in [1.29, 1.82) is 0 Å². The van der Waals surface area contributed by atoms with Crippen LogP contribution < -0.4 is 10.0 Å². The lowest BCUT2D eigenvalue weighted by Crippen LogP contribution is -2.32. The smallest absolute Gasteiger partial charge is 0.208 e. The Labute approximate surface area is 112 Å². The molecule has 0 bridgehead atoms. The molecular formula is C11H16ClFN2O2S. The van der Waals surface area contributed by atoms with Crippen LogP contribution in [0.5, 0.6) is 0 Å². The molecule has 1 atom stereocenters. The van der Waals surface area contributed by atoms with Crippen LogP contribution in [-0.2, 0) is 10.0 Å². The molecule has 1 aromatic carbocycles. The number of nitrogens with one attached hydrogen (secondary N) is 2. The maximum atomic E-state index is 12.9. The molecule has 1 unspecified atom stereocenters. The van der Waals surface area contributed by atoms with Gasteiger partial charge in [-0.05, 0) is 24.6 Å². The summed E-state index contributed by atoms with van der Waals surface area (Å²) in [6.07, 6.45) is 1.10. The zero-order valence-electron chi connectivity index (χ0n) is 10.2. The molecule has 0 aliphatic rings. The Morgan fingerprint density at radius 2 is 2.06 bits per heavy atom. The van der Waals surface area contributed by atoms with Gasteiger partial charge in [0.15, 0.2) is 0 Å². The molecule has 0 aromatic heterocycles. The lowest BCUT2D eigenvalue weighted by molar-refractivity contribution is 0.555. The van der Waals surface area contributed by atoms with Crippen molar-refractivity contribution >= 4 is 21.6 Å². The van der Waals surface area contributed by atoms with Gasteiger partial charge in [0.2, 0.25) is 10.0 Å². The molecule has 1 rings (SSSR count). The monoisotopic (exact) mass is 294 g/mol. The predicted octanol–water partition coefficient (Wildman–Crippen LogP) is 1.68. The molecule has 0 heterocycles. The summed E-state index contributed by atoms with van der Waals surface area (Å²) in [5, 5.41) is 3.45. The summed E-state index contributed by atoms with van der Waals surface area (Å²) in [6.45, 7) is 2.63. The minimum Gasteiger partial charge on any atom is -0.309 e. The summed E-state index contributed by atoms with van der Waals surface area (Å²) in [5.74, 6) is -0.380. The van der Waals surface area contributed by atoms with Crippen LogP contribution in [0.3, 0.4) is 0 Å². The average Bonchev–Trinajstić information content (AvgIpc) is 2.22. The van der Waals surface area contributed by atoms with Crippen molar-refractivity contribution in [2.45, 2.75) is 13.0 Å². The van der Waals surface area contributed by atoms with Crippen molar-refractivity contribution in [3.05, 3.63) is 34.6 Å². The van der Waals surface area contributed by atoms with Gasteiger partial charge in [-0.1, -0.05) is 17.7 Å². The van der Waals surface area contributed by atoms with E-state index in [9.17, 15) is 12.8 Å². The third kappa shape index (κ3) is 5.30. The van der Waals surface area contributed by atoms with Crippen molar-refractivity contribution in [2.75, 3.05) is 19.3 Å². The Bertz CT molecular complexity index is 508. The number of halogens is 2. The minimum absolute atomic E-state index is 0.0838. The first-order chi connectivity index (χ1) is 8.29. The second-order valence-electron chi connectivity index (χ2n) is 4.01. The molecule has 0 aliphatic heterocycles. The third-order valence-corrected chi connectivity index (χ3v) is 3.42. The SMILES string of the molecule is CC(NCCNS(C)(=O)=O)c1ccc(F)cc1Cl. The molecule has 2 N–H and O–H groups in total. The van der Waals surface area contributed by atoms with Gasteiger partial charge in [-0.25, -0.2) is 17.5 Å². The van der Waals surface area contributed by atoms with Gasteiger partial charge in [0.1, 0.15) is 5.82 Å². The molecule has 0 amide bonds. The third-order valence-electron chi connectivity index (χ3n) is 2.37. The molecule has 4 nitrogen and oxygen atoms in total. The molecule has 18 heavy (non-hydrogen) atoms. The van der Waals surface area contributed by atoms with E-state index in [2.05, 4.69) is 10.0 Å². The van der Waals surface area contributed by atoms with Crippen LogP contribution in [0.4, 0.5) is 4.39 Å². The molecule has 102 valence electrons. The zero-order valence-corrected chi connectivity index (χ0v) is 11.8. The fourth-order valence-electron chi connectivity index (χ4n) is 1.49. The Balaban J connectivity index is 2.48. The minimum atomic E-state index is -3.17. The van der Waals surface area contributed by atoms with Gasteiger partial charge < -0.3 is 5.32 Å². The molecule has 1 aromatic rings. The van der Waals surface area contributed by atoms with E-state index in [4.69, 9.17) is 11.6 Å². The van der Waals surface area contributed by atoms with Crippen LogP contribution in [0, 0.1) is 5.82 Å². The maximum absolute atomic E-state index is 12.9. The number of sulfonamides is 1. The molecule has 0 spiro atoms. The molecule has 0 saturated heterocycles. The lowest BCUT2D eigenvalue weighted by atomic mass is 10.1. The molecule has 7 heteroatoms. The summed E-state index contributed by atoms with van der Waals surface area (Å²) in [6, 6.07) is 4.12. The van der Waals surface area contributed by atoms with Crippen molar-refractivity contribution in [3.63, 3.8) is 0 Å².